The minimum absolute atomic E-state index is 0.0394. The molecule has 0 aromatic carbocycles. The average molecular weight is 246 g/mol. The maximum absolute atomic E-state index is 10.7. The van der Waals surface area contributed by atoms with Gasteiger partial charge in [0.1, 0.15) is 5.75 Å². The Kier molecular flexibility index (Phi) is 2.87. The number of halogens is 1. The first kappa shape index (κ1) is 9.98. The largest absolute Gasteiger partial charge is 0.495 e. The highest BCUT2D eigenvalue weighted by Gasteiger charge is 2.15. The Hall–Kier alpha value is -1.10. The van der Waals surface area contributed by atoms with Gasteiger partial charge in [-0.1, -0.05) is 0 Å². The van der Waals surface area contributed by atoms with Gasteiger partial charge in [-0.25, -0.2) is 9.78 Å². The first-order valence-corrected chi connectivity index (χ1v) is 4.29. The molecule has 0 aliphatic carbocycles. The van der Waals surface area contributed by atoms with E-state index in [4.69, 9.17) is 9.84 Å². The Balaban J connectivity index is 3.35. The molecule has 0 atom stereocenters. The molecule has 0 aliphatic heterocycles. The van der Waals surface area contributed by atoms with Crippen LogP contribution in [-0.2, 0) is 0 Å². The number of pyridine rings is 1. The third-order valence-corrected chi connectivity index (χ3v) is 2.30. The van der Waals surface area contributed by atoms with Crippen molar-refractivity contribution in [2.75, 3.05) is 7.11 Å². The maximum Gasteiger partial charge on any atom is 0.355 e. The van der Waals surface area contributed by atoms with Gasteiger partial charge in [0.15, 0.2) is 5.69 Å². The normalized spacial score (nSPS) is 9.77. The van der Waals surface area contributed by atoms with Gasteiger partial charge in [-0.05, 0) is 22.9 Å². The number of carboxylic acids is 1. The lowest BCUT2D eigenvalue weighted by atomic mass is 10.2. The highest BCUT2D eigenvalue weighted by molar-refractivity contribution is 9.10. The first-order chi connectivity index (χ1) is 6.07. The molecule has 0 aliphatic rings. The molecule has 13 heavy (non-hydrogen) atoms. The average Bonchev–Trinajstić information content (AvgIpc) is 2.04. The predicted molar refractivity (Wildman–Crippen MR) is 50.2 cm³/mol. The molecule has 0 unspecified atom stereocenters. The van der Waals surface area contributed by atoms with Crippen LogP contribution < -0.4 is 4.74 Å². The van der Waals surface area contributed by atoms with E-state index in [1.807, 2.05) is 0 Å². The zero-order valence-corrected chi connectivity index (χ0v) is 8.75. The van der Waals surface area contributed by atoms with E-state index < -0.39 is 5.97 Å². The minimum Gasteiger partial charge on any atom is -0.495 e. The number of carboxylic acid groups (broad SMARTS) is 1. The molecule has 0 spiro atoms. The molecule has 1 heterocycles. The van der Waals surface area contributed by atoms with Gasteiger partial charge >= 0.3 is 5.97 Å². The fraction of sp³-hybridized carbons (Fsp3) is 0.250. The Labute approximate surface area is 83.7 Å². The van der Waals surface area contributed by atoms with Crippen molar-refractivity contribution >= 4 is 21.9 Å². The van der Waals surface area contributed by atoms with Crippen LogP contribution in [0.2, 0.25) is 0 Å². The van der Waals surface area contributed by atoms with Crippen LogP contribution in [0.1, 0.15) is 16.1 Å². The van der Waals surface area contributed by atoms with Crippen LogP contribution in [-0.4, -0.2) is 23.2 Å². The molecule has 1 rings (SSSR count). The number of ether oxygens (including phenoxy) is 1. The van der Waals surface area contributed by atoms with Gasteiger partial charge < -0.3 is 9.84 Å². The summed E-state index contributed by atoms with van der Waals surface area (Å²) in [5.41, 5.74) is 0.752. The van der Waals surface area contributed by atoms with Gasteiger partial charge in [-0.3, -0.25) is 0 Å². The quantitative estimate of drug-likeness (QED) is 0.865. The number of hydrogen-bond donors (Lipinski definition) is 1. The van der Waals surface area contributed by atoms with Crippen molar-refractivity contribution < 1.29 is 14.6 Å². The summed E-state index contributed by atoms with van der Waals surface area (Å²) in [6, 6.07) is 0. The van der Waals surface area contributed by atoms with Crippen molar-refractivity contribution in [3.63, 3.8) is 0 Å². The molecular weight excluding hydrogens is 238 g/mol. The molecule has 0 fully saturated rings. The van der Waals surface area contributed by atoms with Crippen LogP contribution in [0.15, 0.2) is 10.7 Å². The van der Waals surface area contributed by atoms with Gasteiger partial charge in [0, 0.05) is 11.8 Å². The Morgan fingerprint density at radius 1 is 1.69 bits per heavy atom. The van der Waals surface area contributed by atoms with E-state index in [2.05, 4.69) is 20.9 Å². The third-order valence-electron chi connectivity index (χ3n) is 1.56. The summed E-state index contributed by atoms with van der Waals surface area (Å²) < 4.78 is 5.39. The van der Waals surface area contributed by atoms with Crippen molar-refractivity contribution in [3.05, 3.63) is 21.9 Å². The van der Waals surface area contributed by atoms with Crippen LogP contribution >= 0.6 is 15.9 Å². The minimum atomic E-state index is -1.08. The van der Waals surface area contributed by atoms with Crippen LogP contribution in [0.25, 0.3) is 0 Å². The number of rotatable bonds is 2. The van der Waals surface area contributed by atoms with Gasteiger partial charge in [-0.15, -0.1) is 0 Å². The summed E-state index contributed by atoms with van der Waals surface area (Å²) in [4.78, 5) is 14.4. The standard InChI is InChI=1S/C8H8BrNO3/c1-4-3-10-6(8(11)12)5(9)7(4)13-2/h3H,1-2H3,(H,11,12). The second-order valence-corrected chi connectivity index (χ2v) is 3.24. The molecule has 5 heteroatoms. The third kappa shape index (κ3) is 1.80. The molecule has 0 amide bonds. The van der Waals surface area contributed by atoms with E-state index in [0.29, 0.717) is 10.2 Å². The van der Waals surface area contributed by atoms with E-state index in [1.165, 1.54) is 13.3 Å². The topological polar surface area (TPSA) is 59.4 Å². The fourth-order valence-corrected chi connectivity index (χ4v) is 1.70. The Morgan fingerprint density at radius 3 is 2.77 bits per heavy atom. The number of aryl methyl sites for hydroxylation is 1. The molecule has 0 saturated carbocycles. The van der Waals surface area contributed by atoms with Crippen LogP contribution in [0, 0.1) is 6.92 Å². The molecule has 70 valence electrons. The molecule has 0 bridgehead atoms. The highest BCUT2D eigenvalue weighted by Crippen LogP contribution is 2.30. The van der Waals surface area contributed by atoms with E-state index in [0.717, 1.165) is 5.56 Å². The molecule has 1 aromatic heterocycles. The van der Waals surface area contributed by atoms with Crippen molar-refractivity contribution in [1.82, 2.24) is 4.98 Å². The van der Waals surface area contributed by atoms with E-state index >= 15 is 0 Å². The van der Waals surface area contributed by atoms with Gasteiger partial charge in [0.25, 0.3) is 0 Å². The SMILES string of the molecule is COc1c(C)cnc(C(=O)O)c1Br. The molecule has 4 nitrogen and oxygen atoms in total. The predicted octanol–water partition coefficient (Wildman–Crippen LogP) is 1.86. The maximum atomic E-state index is 10.7. The second-order valence-electron chi connectivity index (χ2n) is 2.44. The van der Waals surface area contributed by atoms with Gasteiger partial charge in [-0.2, -0.15) is 0 Å². The van der Waals surface area contributed by atoms with E-state index in [9.17, 15) is 4.79 Å². The lowest BCUT2D eigenvalue weighted by Gasteiger charge is -2.07. The van der Waals surface area contributed by atoms with Crippen LogP contribution in [0.3, 0.4) is 0 Å². The number of methoxy groups -OCH3 is 1. The van der Waals surface area contributed by atoms with Crippen molar-refractivity contribution in [2.45, 2.75) is 6.92 Å². The van der Waals surface area contributed by atoms with Crippen LogP contribution in [0.4, 0.5) is 0 Å². The number of carbonyl (C=O) groups is 1. The molecule has 0 saturated heterocycles. The lowest BCUT2D eigenvalue weighted by Crippen LogP contribution is -2.03. The second kappa shape index (κ2) is 3.74. The van der Waals surface area contributed by atoms with Crippen molar-refractivity contribution in [1.29, 1.82) is 0 Å². The number of nitrogens with zero attached hydrogens (tertiary/aromatic N) is 1. The summed E-state index contributed by atoms with van der Waals surface area (Å²) in [6.45, 7) is 1.79. The summed E-state index contributed by atoms with van der Waals surface area (Å²) in [5.74, 6) is -0.572. The Bertz CT molecular complexity index is 351. The van der Waals surface area contributed by atoms with Crippen molar-refractivity contribution in [2.24, 2.45) is 0 Å². The summed E-state index contributed by atoms with van der Waals surface area (Å²) >= 11 is 3.12. The van der Waals surface area contributed by atoms with E-state index in [1.54, 1.807) is 6.92 Å². The number of hydrogen-bond acceptors (Lipinski definition) is 3. The monoisotopic (exact) mass is 245 g/mol. The lowest BCUT2D eigenvalue weighted by molar-refractivity contribution is 0.0689. The zero-order valence-electron chi connectivity index (χ0n) is 7.17. The number of aromatic carboxylic acids is 1. The number of aromatic nitrogens is 1. The molecule has 1 aromatic rings. The Morgan fingerprint density at radius 2 is 2.31 bits per heavy atom. The van der Waals surface area contributed by atoms with Crippen molar-refractivity contribution in [3.8, 4) is 5.75 Å². The summed E-state index contributed by atoms with van der Waals surface area (Å²) in [5, 5.41) is 8.73. The molecular formula is C8H8BrNO3. The van der Waals surface area contributed by atoms with Gasteiger partial charge in [0.2, 0.25) is 0 Å². The van der Waals surface area contributed by atoms with Gasteiger partial charge in [0.05, 0.1) is 11.6 Å². The van der Waals surface area contributed by atoms with Crippen LogP contribution in [0.5, 0.6) is 5.75 Å². The molecule has 1 N–H and O–H groups in total. The fourth-order valence-electron chi connectivity index (χ4n) is 0.957. The zero-order chi connectivity index (χ0) is 10.0. The van der Waals surface area contributed by atoms with E-state index in [-0.39, 0.29) is 5.69 Å². The highest BCUT2D eigenvalue weighted by atomic mass is 79.9. The summed E-state index contributed by atoms with van der Waals surface area (Å²) in [6.07, 6.45) is 1.47. The summed E-state index contributed by atoms with van der Waals surface area (Å²) in [7, 11) is 1.48. The molecule has 0 radical (unpaired) electrons. The smallest absolute Gasteiger partial charge is 0.355 e. The first-order valence-electron chi connectivity index (χ1n) is 3.50.